The number of halogens is 3. The Kier molecular flexibility index (Phi) is 11.9. The fraction of sp³-hybridized carbons (Fsp3) is 0.257. The number of rotatable bonds is 12. The molecule has 0 saturated heterocycles. The molecule has 10 nitrogen and oxygen atoms in total. The molecule has 0 N–H and O–H groups in total. The molecule has 0 bridgehead atoms. The van der Waals surface area contributed by atoms with Crippen LogP contribution in [-0.4, -0.2) is 43.4 Å². The normalized spacial score (nSPS) is 14.2. The smallest absolute Gasteiger partial charge is 0.343 e. The summed E-state index contributed by atoms with van der Waals surface area (Å²) in [5, 5.41) is 0. The molecule has 0 aliphatic carbocycles. The van der Waals surface area contributed by atoms with Crippen LogP contribution in [0.3, 0.4) is 0 Å². The minimum absolute atomic E-state index is 0.0179. The highest BCUT2D eigenvalue weighted by Gasteiger charge is 2.34. The number of ether oxygens (including phenoxy) is 5. The second kappa shape index (κ2) is 16.1. The molecule has 4 aromatic rings. The average Bonchev–Trinajstić information content (AvgIpc) is 3.37. The number of allylic oxidation sites excluding steroid dienone is 1. The van der Waals surface area contributed by atoms with Crippen molar-refractivity contribution in [2.45, 2.75) is 33.4 Å². The maximum Gasteiger partial charge on any atom is 0.343 e. The van der Waals surface area contributed by atoms with Crippen LogP contribution in [0.2, 0.25) is 0 Å². The van der Waals surface area contributed by atoms with Gasteiger partial charge in [0.15, 0.2) is 22.9 Å². The van der Waals surface area contributed by atoms with Crippen molar-refractivity contribution in [3.05, 3.63) is 116 Å². The molecule has 1 aliphatic rings. The molecule has 0 amide bonds. The third-order valence-corrected chi connectivity index (χ3v) is 9.57. The number of benzene rings is 3. The average molecular weight is 866 g/mol. The Hall–Kier alpha value is -4.02. The lowest BCUT2D eigenvalue weighted by Gasteiger charge is -2.25. The van der Waals surface area contributed by atoms with Gasteiger partial charge in [-0.2, -0.15) is 0 Å². The largest absolute Gasteiger partial charge is 0.490 e. The van der Waals surface area contributed by atoms with E-state index >= 15 is 0 Å². The van der Waals surface area contributed by atoms with E-state index in [9.17, 15) is 18.8 Å². The first kappa shape index (κ1) is 36.3. The minimum Gasteiger partial charge on any atom is -0.490 e. The van der Waals surface area contributed by atoms with Gasteiger partial charge >= 0.3 is 11.9 Å². The molecule has 1 aromatic heterocycles. The number of methoxy groups -OCH3 is 1. The maximum absolute atomic E-state index is 14.4. The van der Waals surface area contributed by atoms with Gasteiger partial charge in [0.1, 0.15) is 18.2 Å². The quantitative estimate of drug-likeness (QED) is 0.129. The van der Waals surface area contributed by atoms with Crippen molar-refractivity contribution in [2.24, 2.45) is 4.99 Å². The Morgan fingerprint density at radius 1 is 1.06 bits per heavy atom. The number of aromatic nitrogens is 1. The zero-order valence-electron chi connectivity index (χ0n) is 26.9. The standard InChI is InChI=1S/C35H31BrFIN2O8S/c1-5-45-27-14-20(11-12-26(27)47-18-29(41)44-4)31-30(34(43)46-6-2)19(3)39-35-40(31)33(42)28(49-35)15-22-13-23(36)16-25(38)32(22)48-17-21-9-7-8-10-24(21)37/h7-16,31H,5-6,17-18H2,1-4H3/b28-15+/t31-/m0/s1. The van der Waals surface area contributed by atoms with Crippen LogP contribution < -0.4 is 29.1 Å². The van der Waals surface area contributed by atoms with E-state index in [1.54, 1.807) is 63.2 Å². The Morgan fingerprint density at radius 3 is 2.55 bits per heavy atom. The van der Waals surface area contributed by atoms with E-state index in [1.165, 1.54) is 17.7 Å². The summed E-state index contributed by atoms with van der Waals surface area (Å²) in [4.78, 5) is 44.5. The number of hydrogen-bond acceptors (Lipinski definition) is 10. The number of carbonyl (C=O) groups is 2. The van der Waals surface area contributed by atoms with E-state index < -0.39 is 23.5 Å². The Morgan fingerprint density at radius 2 is 1.84 bits per heavy atom. The minimum atomic E-state index is -0.925. The van der Waals surface area contributed by atoms with Gasteiger partial charge in [0.25, 0.3) is 5.56 Å². The number of thiazole rings is 1. The predicted molar refractivity (Wildman–Crippen MR) is 193 cm³/mol. The SMILES string of the molecule is CCOC(=O)C1=C(C)N=c2s/c(=C/c3cc(Br)cc(I)c3OCc3ccccc3F)c(=O)n2[C@H]1c1ccc(OCC(=O)OC)c(OCC)c1. The van der Waals surface area contributed by atoms with Gasteiger partial charge in [0, 0.05) is 15.6 Å². The number of fused-ring (bicyclic) bond motifs is 1. The van der Waals surface area contributed by atoms with E-state index in [0.29, 0.717) is 43.2 Å². The highest BCUT2D eigenvalue weighted by molar-refractivity contribution is 14.1. The highest BCUT2D eigenvalue weighted by Crippen LogP contribution is 2.37. The van der Waals surface area contributed by atoms with Crippen LogP contribution in [0.5, 0.6) is 17.2 Å². The Balaban J connectivity index is 1.65. The summed E-state index contributed by atoms with van der Waals surface area (Å²) in [6.07, 6.45) is 1.70. The monoisotopic (exact) mass is 864 g/mol. The number of esters is 2. The fourth-order valence-corrected chi connectivity index (χ4v) is 7.87. The van der Waals surface area contributed by atoms with Crippen molar-refractivity contribution in [3.8, 4) is 17.2 Å². The number of carbonyl (C=O) groups excluding carboxylic acids is 2. The van der Waals surface area contributed by atoms with Crippen LogP contribution in [0.1, 0.15) is 43.5 Å². The second-order valence-electron chi connectivity index (χ2n) is 10.5. The van der Waals surface area contributed by atoms with Crippen molar-refractivity contribution >= 4 is 67.9 Å². The van der Waals surface area contributed by atoms with Gasteiger partial charge in [-0.15, -0.1) is 0 Å². The van der Waals surface area contributed by atoms with Gasteiger partial charge in [0.2, 0.25) is 0 Å². The van der Waals surface area contributed by atoms with Gasteiger partial charge in [-0.1, -0.05) is 51.5 Å². The van der Waals surface area contributed by atoms with E-state index in [0.717, 1.165) is 19.4 Å². The molecule has 5 rings (SSSR count). The highest BCUT2D eigenvalue weighted by atomic mass is 127. The molecular weight excluding hydrogens is 834 g/mol. The lowest BCUT2D eigenvalue weighted by molar-refractivity contribution is -0.143. The van der Waals surface area contributed by atoms with E-state index in [4.69, 9.17) is 18.9 Å². The van der Waals surface area contributed by atoms with Crippen molar-refractivity contribution in [3.63, 3.8) is 0 Å². The molecule has 49 heavy (non-hydrogen) atoms. The first-order chi connectivity index (χ1) is 23.6. The second-order valence-corrected chi connectivity index (χ2v) is 13.6. The van der Waals surface area contributed by atoms with Crippen LogP contribution in [-0.2, 0) is 25.7 Å². The topological polar surface area (TPSA) is 115 Å². The lowest BCUT2D eigenvalue weighted by Crippen LogP contribution is -2.40. The molecule has 2 heterocycles. The number of hydrogen-bond donors (Lipinski definition) is 0. The molecule has 0 saturated carbocycles. The van der Waals surface area contributed by atoms with Gasteiger partial charge in [-0.3, -0.25) is 9.36 Å². The first-order valence-electron chi connectivity index (χ1n) is 15.1. The summed E-state index contributed by atoms with van der Waals surface area (Å²) in [5.41, 5.74) is 1.70. The van der Waals surface area contributed by atoms with Crippen LogP contribution in [0.15, 0.2) is 80.1 Å². The summed E-state index contributed by atoms with van der Waals surface area (Å²) in [6, 6.07) is 14.1. The zero-order chi connectivity index (χ0) is 35.2. The summed E-state index contributed by atoms with van der Waals surface area (Å²) in [6.45, 7) is 5.24. The summed E-state index contributed by atoms with van der Waals surface area (Å²) in [5.74, 6) is -0.493. The molecule has 0 radical (unpaired) electrons. The van der Waals surface area contributed by atoms with Crippen LogP contribution in [0.25, 0.3) is 6.08 Å². The van der Waals surface area contributed by atoms with Gasteiger partial charge in [-0.25, -0.2) is 19.0 Å². The van der Waals surface area contributed by atoms with E-state index in [2.05, 4.69) is 48.3 Å². The van der Waals surface area contributed by atoms with Crippen molar-refractivity contribution in [1.29, 1.82) is 0 Å². The molecule has 0 spiro atoms. The van der Waals surface area contributed by atoms with Gasteiger partial charge < -0.3 is 23.7 Å². The predicted octanol–water partition coefficient (Wildman–Crippen LogP) is 5.83. The van der Waals surface area contributed by atoms with Crippen LogP contribution >= 0.6 is 49.9 Å². The Labute approximate surface area is 307 Å². The van der Waals surface area contributed by atoms with E-state index in [1.807, 2.05) is 12.1 Å². The van der Waals surface area contributed by atoms with Crippen LogP contribution in [0.4, 0.5) is 4.39 Å². The molecular formula is C35H31BrFIN2O8S. The lowest BCUT2D eigenvalue weighted by atomic mass is 9.95. The summed E-state index contributed by atoms with van der Waals surface area (Å²) < 4.78 is 45.4. The van der Waals surface area contributed by atoms with Gasteiger partial charge in [-0.05, 0) is 85.3 Å². The molecule has 256 valence electrons. The fourth-order valence-electron chi connectivity index (χ4n) is 5.13. The molecule has 3 aromatic carbocycles. The zero-order valence-corrected chi connectivity index (χ0v) is 31.4. The van der Waals surface area contributed by atoms with Crippen LogP contribution in [0, 0.1) is 9.39 Å². The maximum atomic E-state index is 14.4. The molecule has 1 atom stereocenters. The molecule has 14 heteroatoms. The Bertz CT molecular complexity index is 2130. The van der Waals surface area contributed by atoms with Crippen molar-refractivity contribution < 1.29 is 37.7 Å². The van der Waals surface area contributed by atoms with Gasteiger partial charge in [0.05, 0.1) is 45.7 Å². The molecule has 0 fully saturated rings. The van der Waals surface area contributed by atoms with E-state index in [-0.39, 0.29) is 43.6 Å². The van der Waals surface area contributed by atoms with Crippen molar-refractivity contribution in [2.75, 3.05) is 26.9 Å². The van der Waals surface area contributed by atoms with Crippen molar-refractivity contribution in [1.82, 2.24) is 4.57 Å². The summed E-state index contributed by atoms with van der Waals surface area (Å²) in [7, 11) is 1.26. The molecule has 1 aliphatic heterocycles. The summed E-state index contributed by atoms with van der Waals surface area (Å²) >= 11 is 6.82. The third-order valence-electron chi connectivity index (χ3n) is 7.33. The first-order valence-corrected chi connectivity index (χ1v) is 17.8. The molecule has 0 unspecified atom stereocenters. The number of nitrogens with zero attached hydrogens (tertiary/aromatic N) is 2. The third kappa shape index (κ3) is 8.07.